The van der Waals surface area contributed by atoms with E-state index < -0.39 is 0 Å². The number of aromatic nitrogens is 3. The van der Waals surface area contributed by atoms with Crippen molar-refractivity contribution in [1.29, 1.82) is 0 Å². The summed E-state index contributed by atoms with van der Waals surface area (Å²) in [5.74, 6) is 0.680. The summed E-state index contributed by atoms with van der Waals surface area (Å²) in [6.45, 7) is 1.89. The van der Waals surface area contributed by atoms with Crippen molar-refractivity contribution in [3.05, 3.63) is 53.4 Å². The molecule has 0 unspecified atom stereocenters. The van der Waals surface area contributed by atoms with Gasteiger partial charge in [0.1, 0.15) is 5.82 Å². The molecule has 5 heteroatoms. The SMILES string of the molecule is Cc1ncc2c(n1)CCC[C@H]2NC(=O)c1cccnc1. The minimum absolute atomic E-state index is 0.00736. The fraction of sp³-hybridized carbons (Fsp3) is 0.333. The average Bonchev–Trinajstić information content (AvgIpc) is 2.48. The van der Waals surface area contributed by atoms with Crippen molar-refractivity contribution >= 4 is 5.91 Å². The van der Waals surface area contributed by atoms with Gasteiger partial charge in [0.25, 0.3) is 5.91 Å². The van der Waals surface area contributed by atoms with Gasteiger partial charge in [0.2, 0.25) is 0 Å². The molecule has 2 aromatic heterocycles. The van der Waals surface area contributed by atoms with Gasteiger partial charge in [0.15, 0.2) is 0 Å². The van der Waals surface area contributed by atoms with Crippen molar-refractivity contribution in [2.24, 2.45) is 0 Å². The standard InChI is InChI=1S/C15H16N4O/c1-10-17-9-12-13(18-10)5-2-6-14(12)19-15(20)11-4-3-7-16-8-11/h3-4,7-9,14H,2,5-6H2,1H3,(H,19,20)/t14-/m1/s1. The Hall–Kier alpha value is -2.30. The minimum Gasteiger partial charge on any atom is -0.345 e. The van der Waals surface area contributed by atoms with Crippen LogP contribution in [0, 0.1) is 6.92 Å². The molecule has 2 heterocycles. The van der Waals surface area contributed by atoms with E-state index in [-0.39, 0.29) is 11.9 Å². The lowest BCUT2D eigenvalue weighted by atomic mass is 9.92. The van der Waals surface area contributed by atoms with E-state index in [1.54, 1.807) is 24.5 Å². The summed E-state index contributed by atoms with van der Waals surface area (Å²) < 4.78 is 0. The highest BCUT2D eigenvalue weighted by Gasteiger charge is 2.23. The highest BCUT2D eigenvalue weighted by Crippen LogP contribution is 2.28. The zero-order valence-corrected chi connectivity index (χ0v) is 11.3. The first-order valence-electron chi connectivity index (χ1n) is 6.77. The third-order valence-corrected chi connectivity index (χ3v) is 3.53. The van der Waals surface area contributed by atoms with E-state index >= 15 is 0 Å². The number of nitrogens with one attached hydrogen (secondary N) is 1. The van der Waals surface area contributed by atoms with Crippen LogP contribution in [0.2, 0.25) is 0 Å². The maximum absolute atomic E-state index is 12.2. The van der Waals surface area contributed by atoms with Gasteiger partial charge >= 0.3 is 0 Å². The van der Waals surface area contributed by atoms with Crippen LogP contribution in [-0.2, 0) is 6.42 Å². The van der Waals surface area contributed by atoms with Gasteiger partial charge in [-0.2, -0.15) is 0 Å². The lowest BCUT2D eigenvalue weighted by Gasteiger charge is -2.25. The molecular formula is C15H16N4O. The maximum Gasteiger partial charge on any atom is 0.253 e. The lowest BCUT2D eigenvalue weighted by Crippen LogP contribution is -2.31. The molecule has 20 heavy (non-hydrogen) atoms. The van der Waals surface area contributed by atoms with E-state index in [4.69, 9.17) is 0 Å². The fourth-order valence-electron chi connectivity index (χ4n) is 2.54. The maximum atomic E-state index is 12.2. The Morgan fingerprint density at radius 3 is 3.10 bits per heavy atom. The van der Waals surface area contributed by atoms with Crippen LogP contribution in [0.3, 0.4) is 0 Å². The van der Waals surface area contributed by atoms with Gasteiger partial charge in [-0.05, 0) is 38.3 Å². The van der Waals surface area contributed by atoms with Crippen molar-refractivity contribution in [2.75, 3.05) is 0 Å². The molecule has 1 atom stereocenters. The average molecular weight is 268 g/mol. The molecule has 3 rings (SSSR count). The topological polar surface area (TPSA) is 67.8 Å². The third kappa shape index (κ3) is 2.52. The number of nitrogens with zero attached hydrogens (tertiary/aromatic N) is 3. The summed E-state index contributed by atoms with van der Waals surface area (Å²) in [5, 5.41) is 3.05. The Balaban J connectivity index is 1.81. The molecule has 0 fully saturated rings. The molecule has 1 amide bonds. The van der Waals surface area contributed by atoms with Crippen molar-refractivity contribution in [3.8, 4) is 0 Å². The van der Waals surface area contributed by atoms with Gasteiger partial charge in [-0.1, -0.05) is 0 Å². The Labute approximate surface area is 117 Å². The number of fused-ring (bicyclic) bond motifs is 1. The van der Waals surface area contributed by atoms with E-state index in [0.29, 0.717) is 5.56 Å². The van der Waals surface area contributed by atoms with Crippen molar-refractivity contribution in [2.45, 2.75) is 32.2 Å². The molecule has 2 aromatic rings. The second-order valence-electron chi connectivity index (χ2n) is 4.98. The van der Waals surface area contributed by atoms with Gasteiger partial charge in [-0.15, -0.1) is 0 Å². The van der Waals surface area contributed by atoms with E-state index in [1.807, 2.05) is 13.1 Å². The van der Waals surface area contributed by atoms with Gasteiger partial charge < -0.3 is 5.32 Å². The second-order valence-corrected chi connectivity index (χ2v) is 4.98. The molecule has 102 valence electrons. The molecule has 5 nitrogen and oxygen atoms in total. The molecule has 1 aliphatic rings. The predicted octanol–water partition coefficient (Wildman–Crippen LogP) is 1.99. The number of rotatable bonds is 2. The quantitative estimate of drug-likeness (QED) is 0.904. The normalized spacial score (nSPS) is 17.4. The van der Waals surface area contributed by atoms with Crippen LogP contribution in [0.1, 0.15) is 46.3 Å². The van der Waals surface area contributed by atoms with Gasteiger partial charge in [-0.25, -0.2) is 9.97 Å². The lowest BCUT2D eigenvalue weighted by molar-refractivity contribution is 0.0932. The molecule has 0 saturated heterocycles. The van der Waals surface area contributed by atoms with Crippen LogP contribution in [0.5, 0.6) is 0 Å². The Morgan fingerprint density at radius 2 is 2.30 bits per heavy atom. The van der Waals surface area contributed by atoms with Gasteiger partial charge in [0, 0.05) is 29.8 Å². The molecule has 1 N–H and O–H groups in total. The Kier molecular flexibility index (Phi) is 3.41. The van der Waals surface area contributed by atoms with E-state index in [9.17, 15) is 4.79 Å². The monoisotopic (exact) mass is 268 g/mol. The smallest absolute Gasteiger partial charge is 0.253 e. The van der Waals surface area contributed by atoms with Crippen LogP contribution in [0.25, 0.3) is 0 Å². The predicted molar refractivity (Wildman–Crippen MR) is 74.2 cm³/mol. The highest BCUT2D eigenvalue weighted by molar-refractivity contribution is 5.94. The molecule has 0 aromatic carbocycles. The highest BCUT2D eigenvalue weighted by atomic mass is 16.1. The molecule has 0 aliphatic heterocycles. The molecule has 0 spiro atoms. The van der Waals surface area contributed by atoms with E-state index in [0.717, 1.165) is 36.3 Å². The summed E-state index contributed by atoms with van der Waals surface area (Å²) >= 11 is 0. The van der Waals surface area contributed by atoms with Crippen LogP contribution in [0.15, 0.2) is 30.7 Å². The molecule has 0 saturated carbocycles. The van der Waals surface area contributed by atoms with Crippen LogP contribution >= 0.6 is 0 Å². The first-order valence-corrected chi connectivity index (χ1v) is 6.77. The zero-order chi connectivity index (χ0) is 13.9. The molecule has 0 radical (unpaired) electrons. The van der Waals surface area contributed by atoms with Crippen LogP contribution in [0.4, 0.5) is 0 Å². The van der Waals surface area contributed by atoms with Crippen molar-refractivity contribution in [3.63, 3.8) is 0 Å². The minimum atomic E-state index is -0.100. The van der Waals surface area contributed by atoms with E-state index in [2.05, 4.69) is 20.3 Å². The fourth-order valence-corrected chi connectivity index (χ4v) is 2.54. The number of pyridine rings is 1. The Morgan fingerprint density at radius 1 is 1.40 bits per heavy atom. The molecule has 0 bridgehead atoms. The number of carbonyl (C=O) groups is 1. The number of aryl methyl sites for hydroxylation is 2. The van der Waals surface area contributed by atoms with Gasteiger partial charge in [0.05, 0.1) is 11.6 Å². The van der Waals surface area contributed by atoms with Crippen molar-refractivity contribution in [1.82, 2.24) is 20.3 Å². The number of carbonyl (C=O) groups excluding carboxylic acids is 1. The number of amides is 1. The molecular weight excluding hydrogens is 252 g/mol. The summed E-state index contributed by atoms with van der Waals surface area (Å²) in [5.41, 5.74) is 2.67. The van der Waals surface area contributed by atoms with Crippen LogP contribution < -0.4 is 5.32 Å². The van der Waals surface area contributed by atoms with E-state index in [1.165, 1.54) is 0 Å². The summed E-state index contributed by atoms with van der Waals surface area (Å²) in [7, 11) is 0. The third-order valence-electron chi connectivity index (χ3n) is 3.53. The zero-order valence-electron chi connectivity index (χ0n) is 11.3. The first-order chi connectivity index (χ1) is 9.74. The number of hydrogen-bond acceptors (Lipinski definition) is 4. The van der Waals surface area contributed by atoms with Crippen molar-refractivity contribution < 1.29 is 4.79 Å². The summed E-state index contributed by atoms with van der Waals surface area (Å²) in [6, 6.07) is 3.51. The number of hydrogen-bond donors (Lipinski definition) is 1. The largest absolute Gasteiger partial charge is 0.345 e. The van der Waals surface area contributed by atoms with Crippen LogP contribution in [-0.4, -0.2) is 20.9 Å². The summed E-state index contributed by atoms with van der Waals surface area (Å²) in [4.78, 5) is 24.9. The second kappa shape index (κ2) is 5.36. The Bertz CT molecular complexity index is 627. The summed E-state index contributed by atoms with van der Waals surface area (Å²) in [6.07, 6.45) is 7.98. The molecule has 1 aliphatic carbocycles. The first kappa shape index (κ1) is 12.7. The van der Waals surface area contributed by atoms with Gasteiger partial charge in [-0.3, -0.25) is 9.78 Å².